The van der Waals surface area contributed by atoms with Crippen molar-refractivity contribution in [1.82, 2.24) is 0 Å². The van der Waals surface area contributed by atoms with Crippen molar-refractivity contribution in [2.75, 3.05) is 18.6 Å². The SMILES string of the molecule is CCOC(=O)c1cccc(SC)c1N. The Labute approximate surface area is 87.6 Å². The number of rotatable bonds is 3. The lowest BCUT2D eigenvalue weighted by atomic mass is 10.2. The van der Waals surface area contributed by atoms with Crippen LogP contribution in [0.2, 0.25) is 0 Å². The van der Waals surface area contributed by atoms with Crippen molar-refractivity contribution in [3.63, 3.8) is 0 Å². The van der Waals surface area contributed by atoms with Crippen molar-refractivity contribution in [2.24, 2.45) is 0 Å². The smallest absolute Gasteiger partial charge is 0.340 e. The van der Waals surface area contributed by atoms with Crippen LogP contribution in [0.25, 0.3) is 0 Å². The zero-order valence-corrected chi connectivity index (χ0v) is 9.06. The molecule has 0 aromatic heterocycles. The summed E-state index contributed by atoms with van der Waals surface area (Å²) in [4.78, 5) is 12.3. The second kappa shape index (κ2) is 4.91. The molecule has 0 radical (unpaired) electrons. The summed E-state index contributed by atoms with van der Waals surface area (Å²) in [5.74, 6) is -0.360. The zero-order chi connectivity index (χ0) is 10.6. The first-order valence-electron chi connectivity index (χ1n) is 4.30. The minimum atomic E-state index is -0.360. The van der Waals surface area contributed by atoms with Gasteiger partial charge in [-0.25, -0.2) is 4.79 Å². The molecule has 0 aliphatic carbocycles. The van der Waals surface area contributed by atoms with E-state index in [2.05, 4.69) is 0 Å². The van der Waals surface area contributed by atoms with Crippen LogP contribution in [0.5, 0.6) is 0 Å². The van der Waals surface area contributed by atoms with E-state index in [9.17, 15) is 4.79 Å². The molecular weight excluding hydrogens is 198 g/mol. The van der Waals surface area contributed by atoms with Gasteiger partial charge in [0.1, 0.15) is 0 Å². The highest BCUT2D eigenvalue weighted by Gasteiger charge is 2.12. The van der Waals surface area contributed by atoms with Crippen molar-refractivity contribution in [3.05, 3.63) is 23.8 Å². The van der Waals surface area contributed by atoms with Crippen LogP contribution in [0.4, 0.5) is 5.69 Å². The van der Waals surface area contributed by atoms with Crippen LogP contribution in [0.3, 0.4) is 0 Å². The molecule has 0 saturated heterocycles. The van der Waals surface area contributed by atoms with E-state index in [1.165, 1.54) is 11.8 Å². The molecule has 0 atom stereocenters. The van der Waals surface area contributed by atoms with E-state index in [0.717, 1.165) is 4.90 Å². The highest BCUT2D eigenvalue weighted by Crippen LogP contribution is 2.26. The van der Waals surface area contributed by atoms with E-state index >= 15 is 0 Å². The number of nitrogens with two attached hydrogens (primary N) is 1. The van der Waals surface area contributed by atoms with Gasteiger partial charge in [-0.2, -0.15) is 0 Å². The van der Waals surface area contributed by atoms with Gasteiger partial charge in [-0.3, -0.25) is 0 Å². The fourth-order valence-corrected chi connectivity index (χ4v) is 1.65. The number of hydrogen-bond acceptors (Lipinski definition) is 4. The van der Waals surface area contributed by atoms with E-state index in [4.69, 9.17) is 10.5 Å². The van der Waals surface area contributed by atoms with Crippen LogP contribution in [0.1, 0.15) is 17.3 Å². The van der Waals surface area contributed by atoms with Gasteiger partial charge in [-0.1, -0.05) is 6.07 Å². The van der Waals surface area contributed by atoms with Gasteiger partial charge < -0.3 is 10.5 Å². The van der Waals surface area contributed by atoms with E-state index < -0.39 is 0 Å². The second-order valence-electron chi connectivity index (χ2n) is 2.64. The summed E-state index contributed by atoms with van der Waals surface area (Å²) in [7, 11) is 0. The van der Waals surface area contributed by atoms with Crippen LogP contribution in [-0.2, 0) is 4.74 Å². The minimum Gasteiger partial charge on any atom is -0.462 e. The number of nitrogen functional groups attached to an aromatic ring is 1. The van der Waals surface area contributed by atoms with Crippen LogP contribution < -0.4 is 5.73 Å². The Morgan fingerprint density at radius 2 is 2.29 bits per heavy atom. The molecule has 0 spiro atoms. The summed E-state index contributed by atoms with van der Waals surface area (Å²) in [6.07, 6.45) is 1.92. The maximum atomic E-state index is 11.4. The molecule has 0 fully saturated rings. The highest BCUT2D eigenvalue weighted by atomic mass is 32.2. The summed E-state index contributed by atoms with van der Waals surface area (Å²) in [5.41, 5.74) is 6.75. The Hall–Kier alpha value is -1.16. The number of ether oxygens (including phenoxy) is 1. The molecule has 0 bridgehead atoms. The summed E-state index contributed by atoms with van der Waals surface area (Å²) in [5, 5.41) is 0. The first-order valence-corrected chi connectivity index (χ1v) is 5.52. The quantitative estimate of drug-likeness (QED) is 0.473. The van der Waals surface area contributed by atoms with Crippen LogP contribution in [0, 0.1) is 0 Å². The second-order valence-corrected chi connectivity index (χ2v) is 3.49. The third-order valence-corrected chi connectivity index (χ3v) is 2.58. The van der Waals surface area contributed by atoms with Crippen molar-refractivity contribution in [1.29, 1.82) is 0 Å². The predicted molar refractivity (Wildman–Crippen MR) is 58.6 cm³/mol. The van der Waals surface area contributed by atoms with Crippen LogP contribution >= 0.6 is 11.8 Å². The summed E-state index contributed by atoms with van der Waals surface area (Å²) < 4.78 is 4.88. The highest BCUT2D eigenvalue weighted by molar-refractivity contribution is 7.98. The Bertz CT molecular complexity index is 339. The molecular formula is C10H13NO2S. The number of hydrogen-bond donors (Lipinski definition) is 1. The maximum absolute atomic E-state index is 11.4. The lowest BCUT2D eigenvalue weighted by Gasteiger charge is -2.07. The molecule has 0 heterocycles. The normalized spacial score (nSPS) is 9.86. The molecule has 3 nitrogen and oxygen atoms in total. The number of benzene rings is 1. The van der Waals surface area contributed by atoms with Gasteiger partial charge in [-0.15, -0.1) is 11.8 Å². The first-order chi connectivity index (χ1) is 6.70. The number of esters is 1. The third kappa shape index (κ3) is 2.20. The number of carbonyl (C=O) groups excluding carboxylic acids is 1. The van der Waals surface area contributed by atoms with Crippen molar-refractivity contribution < 1.29 is 9.53 Å². The number of carbonyl (C=O) groups is 1. The molecule has 14 heavy (non-hydrogen) atoms. The van der Waals surface area contributed by atoms with Gasteiger partial charge in [0.15, 0.2) is 0 Å². The molecule has 1 aromatic carbocycles. The Kier molecular flexibility index (Phi) is 3.83. The summed E-state index contributed by atoms with van der Waals surface area (Å²) in [6.45, 7) is 2.13. The molecule has 4 heteroatoms. The van der Waals surface area contributed by atoms with E-state index in [1.54, 1.807) is 19.1 Å². The van der Waals surface area contributed by atoms with Gasteiger partial charge in [0, 0.05) is 4.90 Å². The molecule has 0 unspecified atom stereocenters. The monoisotopic (exact) mass is 211 g/mol. The molecule has 1 rings (SSSR count). The van der Waals surface area contributed by atoms with Gasteiger partial charge in [0.25, 0.3) is 0 Å². The minimum absolute atomic E-state index is 0.360. The standard InChI is InChI=1S/C10H13NO2S/c1-3-13-10(12)7-5-4-6-8(14-2)9(7)11/h4-6H,3,11H2,1-2H3. The zero-order valence-electron chi connectivity index (χ0n) is 8.24. The Morgan fingerprint density at radius 3 is 2.86 bits per heavy atom. The maximum Gasteiger partial charge on any atom is 0.340 e. The molecule has 76 valence electrons. The Morgan fingerprint density at radius 1 is 1.57 bits per heavy atom. The van der Waals surface area contributed by atoms with E-state index in [0.29, 0.717) is 17.9 Å². The molecule has 0 amide bonds. The number of anilines is 1. The fraction of sp³-hybridized carbons (Fsp3) is 0.300. The molecule has 0 aliphatic rings. The lowest BCUT2D eigenvalue weighted by Crippen LogP contribution is -2.08. The molecule has 0 aliphatic heterocycles. The average molecular weight is 211 g/mol. The average Bonchev–Trinajstić information content (AvgIpc) is 2.18. The van der Waals surface area contributed by atoms with Gasteiger partial charge in [0.2, 0.25) is 0 Å². The largest absolute Gasteiger partial charge is 0.462 e. The van der Waals surface area contributed by atoms with Gasteiger partial charge in [-0.05, 0) is 25.3 Å². The molecule has 1 aromatic rings. The molecule has 2 N–H and O–H groups in total. The van der Waals surface area contributed by atoms with Crippen LogP contribution in [0.15, 0.2) is 23.1 Å². The fourth-order valence-electron chi connectivity index (χ4n) is 1.11. The van der Waals surface area contributed by atoms with E-state index in [-0.39, 0.29) is 5.97 Å². The lowest BCUT2D eigenvalue weighted by molar-refractivity contribution is 0.0527. The first kappa shape index (κ1) is 10.9. The van der Waals surface area contributed by atoms with Crippen molar-refractivity contribution in [3.8, 4) is 0 Å². The van der Waals surface area contributed by atoms with Crippen molar-refractivity contribution >= 4 is 23.4 Å². The summed E-state index contributed by atoms with van der Waals surface area (Å²) in [6, 6.07) is 5.35. The topological polar surface area (TPSA) is 52.3 Å². The predicted octanol–water partition coefficient (Wildman–Crippen LogP) is 2.17. The van der Waals surface area contributed by atoms with Gasteiger partial charge >= 0.3 is 5.97 Å². The van der Waals surface area contributed by atoms with Crippen molar-refractivity contribution in [2.45, 2.75) is 11.8 Å². The molecule has 0 saturated carbocycles. The Balaban J connectivity index is 3.03. The van der Waals surface area contributed by atoms with Gasteiger partial charge in [0.05, 0.1) is 17.9 Å². The number of thioether (sulfide) groups is 1. The summed E-state index contributed by atoms with van der Waals surface area (Å²) >= 11 is 1.51. The van der Waals surface area contributed by atoms with E-state index in [1.807, 2.05) is 12.3 Å². The number of para-hydroxylation sites is 1. The van der Waals surface area contributed by atoms with Crippen LogP contribution in [-0.4, -0.2) is 18.8 Å². The third-order valence-electron chi connectivity index (χ3n) is 1.78.